The summed E-state index contributed by atoms with van der Waals surface area (Å²) in [5.74, 6) is -0.0928. The van der Waals surface area contributed by atoms with Crippen molar-refractivity contribution in [3.8, 4) is 6.07 Å². The summed E-state index contributed by atoms with van der Waals surface area (Å²) >= 11 is 1.18. The molecule has 0 spiro atoms. The zero-order valence-electron chi connectivity index (χ0n) is 15.1. The molecule has 1 saturated carbocycles. The number of urea groups is 1. The Labute approximate surface area is 153 Å². The average molecular weight is 362 g/mol. The molecule has 25 heavy (non-hydrogen) atoms. The van der Waals surface area contributed by atoms with E-state index in [2.05, 4.69) is 16.7 Å². The van der Waals surface area contributed by atoms with Crippen molar-refractivity contribution in [1.82, 2.24) is 10.2 Å². The first-order valence-electron chi connectivity index (χ1n) is 8.92. The molecule has 0 unspecified atom stereocenters. The minimum absolute atomic E-state index is 0.0928. The van der Waals surface area contributed by atoms with Crippen molar-refractivity contribution in [2.45, 2.75) is 58.9 Å². The molecule has 0 bridgehead atoms. The van der Waals surface area contributed by atoms with Crippen LogP contribution in [0.4, 0.5) is 9.80 Å². The van der Waals surface area contributed by atoms with E-state index in [1.807, 2.05) is 13.8 Å². The maximum Gasteiger partial charge on any atom is 0.320 e. The Morgan fingerprint density at radius 2 is 1.88 bits per heavy atom. The summed E-state index contributed by atoms with van der Waals surface area (Å²) in [5.41, 5.74) is 1.01. The highest BCUT2D eigenvalue weighted by molar-refractivity contribution is 7.18. The highest BCUT2D eigenvalue weighted by Crippen LogP contribution is 2.33. The summed E-state index contributed by atoms with van der Waals surface area (Å²) in [5, 5.41) is 15.6. The third kappa shape index (κ3) is 4.51. The molecular formula is C18H26N4O2S. The Balaban J connectivity index is 2.15. The van der Waals surface area contributed by atoms with Gasteiger partial charge in [0, 0.05) is 19.1 Å². The third-order valence-electron chi connectivity index (χ3n) is 4.67. The van der Waals surface area contributed by atoms with Crippen LogP contribution in [0.15, 0.2) is 0 Å². The lowest BCUT2D eigenvalue weighted by atomic mass is 9.96. The second-order valence-electron chi connectivity index (χ2n) is 6.28. The molecule has 2 N–H and O–H groups in total. The molecule has 1 aliphatic carbocycles. The van der Waals surface area contributed by atoms with Crippen molar-refractivity contribution < 1.29 is 9.59 Å². The molecule has 3 amide bonds. The van der Waals surface area contributed by atoms with Crippen molar-refractivity contribution in [3.05, 3.63) is 16.0 Å². The van der Waals surface area contributed by atoms with Gasteiger partial charge in [0.25, 0.3) is 5.91 Å². The maximum absolute atomic E-state index is 12.6. The molecule has 2 rings (SSSR count). The van der Waals surface area contributed by atoms with Gasteiger partial charge in [-0.1, -0.05) is 19.3 Å². The Morgan fingerprint density at radius 1 is 1.24 bits per heavy atom. The first-order valence-corrected chi connectivity index (χ1v) is 9.73. The number of carbonyl (C=O) groups is 2. The van der Waals surface area contributed by atoms with Gasteiger partial charge in [0.2, 0.25) is 0 Å². The van der Waals surface area contributed by atoms with Crippen LogP contribution < -0.4 is 10.6 Å². The summed E-state index contributed by atoms with van der Waals surface area (Å²) in [7, 11) is 0. The highest BCUT2D eigenvalue weighted by atomic mass is 32.1. The first-order chi connectivity index (χ1) is 12.0. The quantitative estimate of drug-likeness (QED) is 0.834. The lowest BCUT2D eigenvalue weighted by molar-refractivity contribution is 0.0777. The number of hydrogen-bond donors (Lipinski definition) is 2. The number of thiophene rings is 1. The summed E-state index contributed by atoms with van der Waals surface area (Å²) < 4.78 is 0. The van der Waals surface area contributed by atoms with E-state index in [1.54, 1.807) is 11.8 Å². The molecular weight excluding hydrogens is 336 g/mol. The van der Waals surface area contributed by atoms with E-state index in [-0.39, 0.29) is 18.0 Å². The predicted octanol–water partition coefficient (Wildman–Crippen LogP) is 3.86. The van der Waals surface area contributed by atoms with Crippen LogP contribution in [0.1, 0.15) is 66.8 Å². The number of nitrogens with one attached hydrogen (secondary N) is 2. The molecule has 0 atom stereocenters. The molecule has 1 fully saturated rings. The van der Waals surface area contributed by atoms with Crippen molar-refractivity contribution >= 4 is 28.3 Å². The first kappa shape index (κ1) is 19.3. The number of amides is 3. The number of nitrogens with zero attached hydrogens (tertiary/aromatic N) is 2. The zero-order valence-corrected chi connectivity index (χ0v) is 16.0. The fourth-order valence-electron chi connectivity index (χ4n) is 3.17. The largest absolute Gasteiger partial charge is 0.338 e. The molecule has 1 heterocycles. The molecule has 1 aliphatic rings. The van der Waals surface area contributed by atoms with E-state index < -0.39 is 0 Å². The van der Waals surface area contributed by atoms with Crippen LogP contribution >= 0.6 is 11.3 Å². The molecule has 0 saturated heterocycles. The SMILES string of the molecule is CCN(CC)C(=O)c1sc(NC(=O)NC2CCCCC2)c(C#N)c1C. The van der Waals surface area contributed by atoms with Gasteiger partial charge in [0.05, 0.1) is 10.4 Å². The number of hydrogen-bond acceptors (Lipinski definition) is 4. The zero-order chi connectivity index (χ0) is 18.4. The Morgan fingerprint density at radius 3 is 2.44 bits per heavy atom. The van der Waals surface area contributed by atoms with Gasteiger partial charge in [0.1, 0.15) is 11.1 Å². The van der Waals surface area contributed by atoms with Crippen LogP contribution in [-0.2, 0) is 0 Å². The molecule has 0 radical (unpaired) electrons. The van der Waals surface area contributed by atoms with Crippen molar-refractivity contribution in [2.24, 2.45) is 0 Å². The van der Waals surface area contributed by atoms with E-state index in [0.29, 0.717) is 34.1 Å². The Hall–Kier alpha value is -2.07. The van der Waals surface area contributed by atoms with Gasteiger partial charge in [-0.05, 0) is 39.2 Å². The fraction of sp³-hybridized carbons (Fsp3) is 0.611. The monoisotopic (exact) mass is 362 g/mol. The minimum Gasteiger partial charge on any atom is -0.338 e. The Bertz CT molecular complexity index is 667. The maximum atomic E-state index is 12.6. The molecule has 136 valence electrons. The molecule has 0 aromatic carbocycles. The summed E-state index contributed by atoms with van der Waals surface area (Å²) in [6, 6.07) is 2.01. The van der Waals surface area contributed by atoms with Gasteiger partial charge in [-0.15, -0.1) is 11.3 Å². The van der Waals surface area contributed by atoms with Crippen LogP contribution in [0.25, 0.3) is 0 Å². The summed E-state index contributed by atoms with van der Waals surface area (Å²) in [6.07, 6.45) is 5.48. The number of nitriles is 1. The van der Waals surface area contributed by atoms with E-state index in [9.17, 15) is 14.9 Å². The van der Waals surface area contributed by atoms with E-state index >= 15 is 0 Å². The van der Waals surface area contributed by atoms with Crippen LogP contribution in [0.5, 0.6) is 0 Å². The molecule has 6 nitrogen and oxygen atoms in total. The smallest absolute Gasteiger partial charge is 0.320 e. The van der Waals surface area contributed by atoms with Gasteiger partial charge in [0.15, 0.2) is 0 Å². The van der Waals surface area contributed by atoms with Gasteiger partial charge in [-0.25, -0.2) is 4.79 Å². The second-order valence-corrected chi connectivity index (χ2v) is 7.30. The minimum atomic E-state index is -0.300. The lowest BCUT2D eigenvalue weighted by Gasteiger charge is -2.22. The van der Waals surface area contributed by atoms with Crippen molar-refractivity contribution in [3.63, 3.8) is 0 Å². The predicted molar refractivity (Wildman–Crippen MR) is 100 cm³/mol. The highest BCUT2D eigenvalue weighted by Gasteiger charge is 2.24. The van der Waals surface area contributed by atoms with Crippen LogP contribution in [0.2, 0.25) is 0 Å². The second kappa shape index (κ2) is 8.86. The van der Waals surface area contributed by atoms with Crippen LogP contribution in [0.3, 0.4) is 0 Å². The van der Waals surface area contributed by atoms with Gasteiger partial charge < -0.3 is 10.2 Å². The van der Waals surface area contributed by atoms with Gasteiger partial charge >= 0.3 is 6.03 Å². The van der Waals surface area contributed by atoms with E-state index in [0.717, 1.165) is 25.7 Å². The topological polar surface area (TPSA) is 85.2 Å². The number of anilines is 1. The van der Waals surface area contributed by atoms with Crippen LogP contribution in [-0.4, -0.2) is 36.0 Å². The van der Waals surface area contributed by atoms with E-state index in [4.69, 9.17) is 0 Å². The third-order valence-corrected chi connectivity index (χ3v) is 5.87. The summed E-state index contributed by atoms with van der Waals surface area (Å²) in [6.45, 7) is 6.83. The normalized spacial score (nSPS) is 14.6. The van der Waals surface area contributed by atoms with Gasteiger partial charge in [-0.2, -0.15) is 5.26 Å². The van der Waals surface area contributed by atoms with E-state index in [1.165, 1.54) is 17.8 Å². The fourth-order valence-corrected chi connectivity index (χ4v) is 4.29. The van der Waals surface area contributed by atoms with Crippen molar-refractivity contribution in [2.75, 3.05) is 18.4 Å². The van der Waals surface area contributed by atoms with Crippen LogP contribution in [0, 0.1) is 18.3 Å². The average Bonchev–Trinajstić information content (AvgIpc) is 2.91. The molecule has 0 aliphatic heterocycles. The Kier molecular flexibility index (Phi) is 6.82. The molecule has 7 heteroatoms. The number of rotatable bonds is 5. The summed E-state index contributed by atoms with van der Waals surface area (Å²) in [4.78, 5) is 27.1. The van der Waals surface area contributed by atoms with Gasteiger partial charge in [-0.3, -0.25) is 10.1 Å². The number of carbonyl (C=O) groups excluding carboxylic acids is 2. The molecule has 1 aromatic rings. The van der Waals surface area contributed by atoms with Crippen molar-refractivity contribution in [1.29, 1.82) is 5.26 Å². The molecule has 1 aromatic heterocycles. The standard InChI is InChI=1S/C18H26N4O2S/c1-4-22(5-2)17(23)15-12(3)14(11-19)16(25-15)21-18(24)20-13-9-7-6-8-10-13/h13H,4-10H2,1-3H3,(H2,20,21,24). The lowest BCUT2D eigenvalue weighted by Crippen LogP contribution is -2.38.